The molecule has 1 amide bonds. The van der Waals surface area contributed by atoms with Crippen LogP contribution in [0.3, 0.4) is 0 Å². The van der Waals surface area contributed by atoms with E-state index < -0.39 is 40.6 Å². The van der Waals surface area contributed by atoms with Gasteiger partial charge in [-0.1, -0.05) is 29.3 Å². The van der Waals surface area contributed by atoms with Gasteiger partial charge in [-0.2, -0.15) is 0 Å². The zero-order valence-electron chi connectivity index (χ0n) is 17.3. The topological polar surface area (TPSA) is 106 Å². The van der Waals surface area contributed by atoms with Crippen molar-refractivity contribution < 1.29 is 18.3 Å². The molecule has 0 bridgehead atoms. The van der Waals surface area contributed by atoms with E-state index in [4.69, 9.17) is 27.9 Å². The van der Waals surface area contributed by atoms with Crippen LogP contribution in [0.4, 0.5) is 14.5 Å². The molecular weight excluding hydrogens is 493 g/mol. The summed E-state index contributed by atoms with van der Waals surface area (Å²) in [5.41, 5.74) is -2.48. The smallest absolute Gasteiger partial charge is 0.290 e. The van der Waals surface area contributed by atoms with Gasteiger partial charge >= 0.3 is 0 Å². The highest BCUT2D eigenvalue weighted by atomic mass is 35.5. The van der Waals surface area contributed by atoms with Gasteiger partial charge < -0.3 is 19.6 Å². The summed E-state index contributed by atoms with van der Waals surface area (Å²) in [6.07, 6.45) is 3.60. The lowest BCUT2D eigenvalue weighted by Crippen LogP contribution is -2.27. The van der Waals surface area contributed by atoms with Crippen LogP contribution in [-0.2, 0) is 6.54 Å². The minimum absolute atomic E-state index is 0.0118. The summed E-state index contributed by atoms with van der Waals surface area (Å²) >= 11 is 12.1. The Morgan fingerprint density at radius 2 is 1.82 bits per heavy atom. The van der Waals surface area contributed by atoms with Crippen molar-refractivity contribution in [3.63, 3.8) is 0 Å². The van der Waals surface area contributed by atoms with Crippen LogP contribution in [0.15, 0.2) is 52.4 Å². The summed E-state index contributed by atoms with van der Waals surface area (Å²) in [6.45, 7) is -0.401. The molecule has 0 aliphatic rings. The predicted molar refractivity (Wildman–Crippen MR) is 123 cm³/mol. The van der Waals surface area contributed by atoms with Crippen LogP contribution in [0.25, 0.3) is 11.0 Å². The minimum atomic E-state index is -0.915. The Hall–Kier alpha value is -3.76. The van der Waals surface area contributed by atoms with Crippen molar-refractivity contribution >= 4 is 45.8 Å². The first kappa shape index (κ1) is 23.4. The van der Waals surface area contributed by atoms with Gasteiger partial charge in [0, 0.05) is 30.2 Å². The SMILES string of the molecule is COc1cc2c([nH]c1=O)c(=O)c(C(=O)Nc1c(Cl)cncc1Cl)cn2Cc1c(F)cccc1F. The maximum atomic E-state index is 14.3. The van der Waals surface area contributed by atoms with Gasteiger partial charge in [0.2, 0.25) is 5.43 Å². The van der Waals surface area contributed by atoms with Gasteiger partial charge in [-0.25, -0.2) is 8.78 Å². The number of nitrogens with zero attached hydrogens (tertiary/aromatic N) is 2. The minimum Gasteiger partial charge on any atom is -0.491 e. The molecule has 8 nitrogen and oxygen atoms in total. The second-order valence-corrected chi connectivity index (χ2v) is 7.87. The van der Waals surface area contributed by atoms with Gasteiger partial charge in [-0.05, 0) is 12.1 Å². The molecule has 0 atom stereocenters. The monoisotopic (exact) mass is 506 g/mol. The molecule has 4 aromatic rings. The van der Waals surface area contributed by atoms with Gasteiger partial charge in [0.1, 0.15) is 22.7 Å². The number of pyridine rings is 3. The summed E-state index contributed by atoms with van der Waals surface area (Å²) in [5, 5.41) is 2.47. The van der Waals surface area contributed by atoms with Crippen LogP contribution < -0.4 is 21.0 Å². The fourth-order valence-electron chi connectivity index (χ4n) is 3.33. The van der Waals surface area contributed by atoms with Crippen LogP contribution in [0, 0.1) is 11.6 Å². The molecule has 0 aliphatic carbocycles. The van der Waals surface area contributed by atoms with Gasteiger partial charge in [0.05, 0.1) is 34.9 Å². The Kier molecular flexibility index (Phi) is 6.36. The molecule has 174 valence electrons. The molecule has 0 aliphatic heterocycles. The van der Waals surface area contributed by atoms with Crippen LogP contribution in [-0.4, -0.2) is 27.6 Å². The number of hydrogen-bond acceptors (Lipinski definition) is 5. The predicted octanol–water partition coefficient (Wildman–Crippen LogP) is 3.98. The number of fused-ring (bicyclic) bond motifs is 1. The maximum Gasteiger partial charge on any atom is 0.290 e. The first-order chi connectivity index (χ1) is 16.2. The fraction of sp³-hybridized carbons (Fsp3) is 0.0909. The van der Waals surface area contributed by atoms with Crippen LogP contribution in [0.5, 0.6) is 5.75 Å². The molecule has 3 heterocycles. The standard InChI is InChI=1S/C22H14Cl2F2N4O4/c1-34-17-5-16-19(29-22(17)33)20(31)11(21(32)28-18-12(23)6-27-7-13(18)24)9-30(16)8-10-14(25)3-2-4-15(10)26/h2-7,9H,8H2,1H3,(H,29,33)(H,27,28,32). The summed E-state index contributed by atoms with van der Waals surface area (Å²) in [4.78, 5) is 44.5. The van der Waals surface area contributed by atoms with Gasteiger partial charge in [-0.3, -0.25) is 19.4 Å². The number of amides is 1. The number of halogens is 4. The number of anilines is 1. The molecule has 4 rings (SSSR count). The second-order valence-electron chi connectivity index (χ2n) is 7.06. The number of aromatic nitrogens is 3. The molecule has 2 N–H and O–H groups in total. The Morgan fingerprint density at radius 1 is 1.18 bits per heavy atom. The summed E-state index contributed by atoms with van der Waals surface area (Å²) in [7, 11) is 1.25. The molecule has 12 heteroatoms. The quantitative estimate of drug-likeness (QED) is 0.425. The lowest BCUT2D eigenvalue weighted by Gasteiger charge is -2.15. The van der Waals surface area contributed by atoms with Crippen molar-refractivity contribution in [1.82, 2.24) is 14.5 Å². The molecule has 0 saturated heterocycles. The maximum absolute atomic E-state index is 14.3. The third-order valence-electron chi connectivity index (χ3n) is 5.00. The van der Waals surface area contributed by atoms with Gasteiger partial charge in [0.15, 0.2) is 5.75 Å². The van der Waals surface area contributed by atoms with Crippen molar-refractivity contribution in [3.05, 3.63) is 96.2 Å². The number of aromatic amines is 1. The van der Waals surface area contributed by atoms with E-state index in [1.165, 1.54) is 36.2 Å². The van der Waals surface area contributed by atoms with E-state index in [2.05, 4.69) is 15.3 Å². The van der Waals surface area contributed by atoms with E-state index in [1.54, 1.807) is 0 Å². The van der Waals surface area contributed by atoms with Crippen molar-refractivity contribution in [2.24, 2.45) is 0 Å². The second kappa shape index (κ2) is 9.24. The number of benzene rings is 1. The Labute approximate surface area is 199 Å². The summed E-state index contributed by atoms with van der Waals surface area (Å²) in [6, 6.07) is 4.60. The number of carbonyl (C=O) groups is 1. The van der Waals surface area contributed by atoms with Crippen molar-refractivity contribution in [3.8, 4) is 5.75 Å². The average Bonchev–Trinajstić information content (AvgIpc) is 2.80. The van der Waals surface area contributed by atoms with Crippen LogP contribution in [0.1, 0.15) is 15.9 Å². The van der Waals surface area contributed by atoms with E-state index in [0.29, 0.717) is 0 Å². The van der Waals surface area contributed by atoms with E-state index in [0.717, 1.165) is 18.3 Å². The van der Waals surface area contributed by atoms with Gasteiger partial charge in [-0.15, -0.1) is 0 Å². The highest BCUT2D eigenvalue weighted by Gasteiger charge is 2.21. The largest absolute Gasteiger partial charge is 0.491 e. The first-order valence-electron chi connectivity index (χ1n) is 9.59. The number of H-pyrrole nitrogens is 1. The number of rotatable bonds is 5. The summed E-state index contributed by atoms with van der Waals surface area (Å²) in [5.74, 6) is -2.71. The lowest BCUT2D eigenvalue weighted by molar-refractivity contribution is 0.102. The average molecular weight is 507 g/mol. The molecule has 34 heavy (non-hydrogen) atoms. The third-order valence-corrected chi connectivity index (χ3v) is 5.57. The third kappa shape index (κ3) is 4.25. The lowest BCUT2D eigenvalue weighted by atomic mass is 10.1. The molecular formula is C22H14Cl2F2N4O4. The van der Waals surface area contributed by atoms with Crippen molar-refractivity contribution in [1.29, 1.82) is 0 Å². The zero-order chi connectivity index (χ0) is 24.6. The molecule has 0 saturated carbocycles. The molecule has 0 fully saturated rings. The normalized spacial score (nSPS) is 11.0. The Balaban J connectivity index is 1.93. The highest BCUT2D eigenvalue weighted by Crippen LogP contribution is 2.29. The number of methoxy groups -OCH3 is 1. The zero-order valence-corrected chi connectivity index (χ0v) is 18.8. The number of carbonyl (C=O) groups excluding carboxylic acids is 1. The number of ether oxygens (including phenoxy) is 1. The summed E-state index contributed by atoms with van der Waals surface area (Å²) < 4.78 is 35.0. The number of nitrogens with one attached hydrogen (secondary N) is 2. The molecule has 3 aromatic heterocycles. The number of hydrogen-bond donors (Lipinski definition) is 2. The fourth-order valence-corrected chi connectivity index (χ4v) is 3.79. The van der Waals surface area contributed by atoms with E-state index in [1.807, 2.05) is 0 Å². The van der Waals surface area contributed by atoms with Crippen molar-refractivity contribution in [2.75, 3.05) is 12.4 Å². The first-order valence-corrected chi connectivity index (χ1v) is 10.3. The molecule has 1 aromatic carbocycles. The Bertz CT molecular complexity index is 1530. The molecule has 0 spiro atoms. The van der Waals surface area contributed by atoms with Crippen LogP contribution >= 0.6 is 23.2 Å². The van der Waals surface area contributed by atoms with Gasteiger partial charge in [0.25, 0.3) is 11.5 Å². The molecule has 0 unspecified atom stereocenters. The van der Waals surface area contributed by atoms with E-state index in [-0.39, 0.29) is 38.1 Å². The highest BCUT2D eigenvalue weighted by molar-refractivity contribution is 6.39. The van der Waals surface area contributed by atoms with E-state index >= 15 is 0 Å². The van der Waals surface area contributed by atoms with Crippen LogP contribution in [0.2, 0.25) is 10.0 Å². The Morgan fingerprint density at radius 3 is 2.44 bits per heavy atom. The van der Waals surface area contributed by atoms with E-state index in [9.17, 15) is 23.2 Å². The molecule has 0 radical (unpaired) electrons. The van der Waals surface area contributed by atoms with Crippen molar-refractivity contribution in [2.45, 2.75) is 6.54 Å².